The first-order chi connectivity index (χ1) is 18.4. The standard InChI is InChI=1S/C27H29NO11/c1-10-22(31)13(28)6-17(38-10)39-15-8-27(36,16(30)9-29)7-12-19(15)26(35)21-20(24(12)33)23(32)11-4-3-5-14(37-2)18(11)25(21)34/h3-5,10,13,15,17,22,29,31,33,35-36H,6-9,28H2,1-2H3/t10-,13-,15+,17+,22+,27+/m1/s1. The molecule has 0 unspecified atom stereocenters. The normalized spacial score (nSPS) is 29.8. The summed E-state index contributed by atoms with van der Waals surface area (Å²) < 4.78 is 17.0. The molecule has 7 N–H and O–H groups in total. The van der Waals surface area contributed by atoms with Crippen molar-refractivity contribution < 1.29 is 54.1 Å². The summed E-state index contributed by atoms with van der Waals surface area (Å²) in [5, 5.41) is 53.7. The summed E-state index contributed by atoms with van der Waals surface area (Å²) in [4.78, 5) is 39.7. The number of aromatic hydroxyl groups is 2. The SMILES string of the molecule is COc1cccc2c1C(=O)c1c(O)c3c(c(O)c1C2=O)C[C@@](O)(C(=O)CO)C[C@@H]3O[C@H]1C[C@@H](N)[C@@H](O)[C@@H](C)O1. The van der Waals surface area contributed by atoms with Gasteiger partial charge in [0.1, 0.15) is 29.5 Å². The van der Waals surface area contributed by atoms with Crippen LogP contribution in [0.15, 0.2) is 18.2 Å². The van der Waals surface area contributed by atoms with E-state index < -0.39 is 95.7 Å². The van der Waals surface area contributed by atoms with Gasteiger partial charge in [0.05, 0.1) is 42.1 Å². The van der Waals surface area contributed by atoms with E-state index in [1.165, 1.54) is 25.3 Å². The number of hydrogen-bond donors (Lipinski definition) is 6. The van der Waals surface area contributed by atoms with E-state index in [9.17, 15) is 39.9 Å². The lowest BCUT2D eigenvalue weighted by Crippen LogP contribution is -2.53. The van der Waals surface area contributed by atoms with E-state index in [1.54, 1.807) is 6.92 Å². The van der Waals surface area contributed by atoms with Crippen molar-refractivity contribution >= 4 is 17.3 Å². The van der Waals surface area contributed by atoms with E-state index in [-0.39, 0.29) is 34.4 Å². The molecule has 12 heteroatoms. The fourth-order valence-electron chi connectivity index (χ4n) is 5.75. The number of ketones is 3. The minimum atomic E-state index is -2.24. The Morgan fingerprint density at radius 3 is 2.49 bits per heavy atom. The molecular formula is C27H29NO11. The van der Waals surface area contributed by atoms with E-state index in [4.69, 9.17) is 19.9 Å². The van der Waals surface area contributed by atoms with Gasteiger partial charge in [-0.15, -0.1) is 0 Å². The Bertz CT molecular complexity index is 1380. The highest BCUT2D eigenvalue weighted by Crippen LogP contribution is 2.52. The Kier molecular flexibility index (Phi) is 6.74. The van der Waals surface area contributed by atoms with Crippen molar-refractivity contribution in [3.63, 3.8) is 0 Å². The summed E-state index contributed by atoms with van der Waals surface area (Å²) in [5.74, 6) is -3.77. The second-order valence-corrected chi connectivity index (χ2v) is 10.2. The predicted octanol–water partition coefficient (Wildman–Crippen LogP) is 0.00130. The summed E-state index contributed by atoms with van der Waals surface area (Å²) >= 11 is 0. The van der Waals surface area contributed by atoms with Gasteiger partial charge in [0.15, 0.2) is 17.9 Å². The zero-order chi connectivity index (χ0) is 28.4. The summed E-state index contributed by atoms with van der Waals surface area (Å²) in [7, 11) is 1.32. The third-order valence-electron chi connectivity index (χ3n) is 7.81. The molecule has 6 atom stereocenters. The van der Waals surface area contributed by atoms with E-state index >= 15 is 0 Å². The molecule has 2 aromatic carbocycles. The molecule has 1 saturated heterocycles. The number of aliphatic hydroxyl groups excluding tert-OH is 2. The maximum Gasteiger partial charge on any atom is 0.202 e. The molecule has 208 valence electrons. The molecule has 0 saturated carbocycles. The van der Waals surface area contributed by atoms with Crippen LogP contribution in [0.25, 0.3) is 0 Å². The van der Waals surface area contributed by atoms with Crippen molar-refractivity contribution in [2.75, 3.05) is 13.7 Å². The number of phenolic OH excluding ortho intramolecular Hbond substituents is 2. The van der Waals surface area contributed by atoms with Gasteiger partial charge in [-0.2, -0.15) is 0 Å². The number of rotatable bonds is 5. The highest BCUT2D eigenvalue weighted by Gasteiger charge is 2.50. The van der Waals surface area contributed by atoms with E-state index in [2.05, 4.69) is 0 Å². The van der Waals surface area contributed by atoms with Gasteiger partial charge in [0, 0.05) is 42.0 Å². The highest BCUT2D eigenvalue weighted by molar-refractivity contribution is 6.31. The topological polar surface area (TPSA) is 206 Å². The molecule has 1 fully saturated rings. The first-order valence-corrected chi connectivity index (χ1v) is 12.4. The molecule has 2 aliphatic carbocycles. The molecule has 39 heavy (non-hydrogen) atoms. The van der Waals surface area contributed by atoms with Gasteiger partial charge in [0.25, 0.3) is 0 Å². The molecule has 0 spiro atoms. The second kappa shape index (κ2) is 9.66. The molecule has 0 aromatic heterocycles. The average Bonchev–Trinajstić information content (AvgIpc) is 2.90. The van der Waals surface area contributed by atoms with Crippen LogP contribution >= 0.6 is 0 Å². The molecule has 2 aromatic rings. The Labute approximate surface area is 222 Å². The minimum absolute atomic E-state index is 0.0173. The fourth-order valence-corrected chi connectivity index (χ4v) is 5.75. The summed E-state index contributed by atoms with van der Waals surface area (Å²) in [6.07, 6.45) is -5.12. The average molecular weight is 544 g/mol. The number of hydrogen-bond acceptors (Lipinski definition) is 12. The molecule has 12 nitrogen and oxygen atoms in total. The largest absolute Gasteiger partial charge is 0.507 e. The lowest BCUT2D eigenvalue weighted by atomic mass is 9.72. The van der Waals surface area contributed by atoms with Crippen LogP contribution in [0.1, 0.15) is 68.8 Å². The smallest absolute Gasteiger partial charge is 0.202 e. The Morgan fingerprint density at radius 2 is 1.85 bits per heavy atom. The zero-order valence-electron chi connectivity index (χ0n) is 21.2. The van der Waals surface area contributed by atoms with E-state index in [0.717, 1.165) is 0 Å². The lowest BCUT2D eigenvalue weighted by Gasteiger charge is -2.42. The van der Waals surface area contributed by atoms with Crippen molar-refractivity contribution in [3.8, 4) is 17.2 Å². The van der Waals surface area contributed by atoms with Crippen LogP contribution in [-0.4, -0.2) is 86.7 Å². The Balaban J connectivity index is 1.69. The van der Waals surface area contributed by atoms with Gasteiger partial charge in [-0.3, -0.25) is 14.4 Å². The van der Waals surface area contributed by atoms with Crippen LogP contribution in [0.5, 0.6) is 17.2 Å². The van der Waals surface area contributed by atoms with Crippen molar-refractivity contribution in [2.24, 2.45) is 5.73 Å². The molecule has 1 heterocycles. The molecule has 0 radical (unpaired) electrons. The van der Waals surface area contributed by atoms with Gasteiger partial charge in [-0.05, 0) is 13.0 Å². The van der Waals surface area contributed by atoms with Crippen molar-refractivity contribution in [2.45, 2.75) is 62.4 Å². The number of nitrogens with two attached hydrogens (primary N) is 1. The highest BCUT2D eigenvalue weighted by atomic mass is 16.7. The molecule has 0 amide bonds. The molecule has 1 aliphatic heterocycles. The monoisotopic (exact) mass is 543 g/mol. The van der Waals surface area contributed by atoms with Crippen LogP contribution in [0.4, 0.5) is 0 Å². The number of benzene rings is 2. The number of ether oxygens (including phenoxy) is 3. The number of fused-ring (bicyclic) bond motifs is 3. The van der Waals surface area contributed by atoms with Gasteiger partial charge in [-0.1, -0.05) is 12.1 Å². The first kappa shape index (κ1) is 27.2. The predicted molar refractivity (Wildman–Crippen MR) is 132 cm³/mol. The van der Waals surface area contributed by atoms with Gasteiger partial charge in [0.2, 0.25) is 5.78 Å². The molecule has 0 bridgehead atoms. The first-order valence-electron chi connectivity index (χ1n) is 12.4. The third kappa shape index (κ3) is 4.11. The van der Waals surface area contributed by atoms with Crippen LogP contribution in [0, 0.1) is 0 Å². The van der Waals surface area contributed by atoms with Crippen LogP contribution in [-0.2, 0) is 20.7 Å². The van der Waals surface area contributed by atoms with Gasteiger partial charge >= 0.3 is 0 Å². The summed E-state index contributed by atoms with van der Waals surface area (Å²) in [6, 6.07) is 3.64. The molecule has 5 rings (SSSR count). The zero-order valence-corrected chi connectivity index (χ0v) is 21.2. The second-order valence-electron chi connectivity index (χ2n) is 10.2. The number of Topliss-reactive ketones (excluding diaryl/α,β-unsaturated/α-hetero) is 1. The van der Waals surface area contributed by atoms with Crippen LogP contribution in [0.3, 0.4) is 0 Å². The Hall–Kier alpha value is -3.39. The van der Waals surface area contributed by atoms with E-state index in [0.29, 0.717) is 0 Å². The lowest BCUT2D eigenvalue weighted by molar-refractivity contribution is -0.247. The van der Waals surface area contributed by atoms with Crippen molar-refractivity contribution in [3.05, 3.63) is 51.6 Å². The summed E-state index contributed by atoms with van der Waals surface area (Å²) in [5.41, 5.74) is 2.37. The fraction of sp³-hybridized carbons (Fsp3) is 0.444. The van der Waals surface area contributed by atoms with Gasteiger partial charge < -0.3 is 45.5 Å². The summed E-state index contributed by atoms with van der Waals surface area (Å²) in [6.45, 7) is 0.560. The van der Waals surface area contributed by atoms with Crippen molar-refractivity contribution in [1.29, 1.82) is 0 Å². The number of phenols is 2. The molecular weight excluding hydrogens is 514 g/mol. The number of aliphatic hydroxyl groups is 3. The number of carbonyl (C=O) groups excluding carboxylic acids is 3. The van der Waals surface area contributed by atoms with Gasteiger partial charge in [-0.25, -0.2) is 0 Å². The quantitative estimate of drug-likeness (QED) is 0.235. The maximum atomic E-state index is 13.6. The van der Waals surface area contributed by atoms with E-state index in [1.807, 2.05) is 0 Å². The van der Waals surface area contributed by atoms with Crippen LogP contribution < -0.4 is 10.5 Å². The third-order valence-corrected chi connectivity index (χ3v) is 7.81. The number of methoxy groups -OCH3 is 1. The minimum Gasteiger partial charge on any atom is -0.507 e. The molecule has 3 aliphatic rings. The maximum absolute atomic E-state index is 13.6. The van der Waals surface area contributed by atoms with Crippen molar-refractivity contribution in [1.82, 2.24) is 0 Å². The number of carbonyl (C=O) groups is 3. The van der Waals surface area contributed by atoms with Crippen LogP contribution in [0.2, 0.25) is 0 Å². The Morgan fingerprint density at radius 1 is 1.15 bits per heavy atom.